The van der Waals surface area contributed by atoms with Crippen molar-refractivity contribution >= 4 is 11.5 Å². The number of hydrogen-bond acceptors (Lipinski definition) is 2. The van der Waals surface area contributed by atoms with E-state index in [1.807, 2.05) is 17.3 Å². The topological polar surface area (TPSA) is 16.8 Å². The summed E-state index contributed by atoms with van der Waals surface area (Å²) in [7, 11) is 2.00. The van der Waals surface area contributed by atoms with Crippen LogP contribution in [0.5, 0.6) is 0 Å². The average molecular weight is 143 g/mol. The minimum absolute atomic E-state index is 0.566. The Morgan fingerprint density at radius 3 is 2.56 bits per heavy atom. The number of aromatic nitrogens is 2. The molecule has 0 spiro atoms. The molecule has 1 rings (SSSR count). The van der Waals surface area contributed by atoms with Gasteiger partial charge in [-0.2, -0.15) is 3.96 Å². The van der Waals surface area contributed by atoms with Gasteiger partial charge in [-0.15, -0.1) is 0 Å². The molecule has 9 heavy (non-hydrogen) atoms. The summed E-state index contributed by atoms with van der Waals surface area (Å²) in [5.41, 5.74) is 0. The Kier molecular flexibility index (Phi) is 1.81. The molecule has 0 radical (unpaired) electrons. The van der Waals surface area contributed by atoms with E-state index in [9.17, 15) is 0 Å². The molecule has 0 atom stereocenters. The van der Waals surface area contributed by atoms with Crippen molar-refractivity contribution in [3.05, 3.63) is 11.3 Å². The lowest BCUT2D eigenvalue weighted by molar-refractivity contribution is -0.603. The largest absolute Gasteiger partial charge is 0.298 e. The molecule has 1 heterocycles. The Morgan fingerprint density at radius 2 is 2.33 bits per heavy atom. The summed E-state index contributed by atoms with van der Waals surface area (Å²) in [6.07, 6.45) is 1.85. The fourth-order valence-corrected chi connectivity index (χ4v) is 1.28. The third kappa shape index (κ3) is 1.48. The third-order valence-electron chi connectivity index (χ3n) is 1.08. The first-order valence-electron chi connectivity index (χ1n) is 3.02. The van der Waals surface area contributed by atoms with Crippen LogP contribution >= 0.6 is 11.5 Å². The Labute approximate surface area is 59.3 Å². The molecule has 1 aromatic heterocycles. The third-order valence-corrected chi connectivity index (χ3v) is 2.23. The lowest BCUT2D eigenvalue weighted by Gasteiger charge is -1.86. The monoisotopic (exact) mass is 143 g/mol. The van der Waals surface area contributed by atoms with Crippen LogP contribution in [-0.4, -0.2) is 4.98 Å². The van der Waals surface area contributed by atoms with Crippen molar-refractivity contribution in [2.75, 3.05) is 0 Å². The normalized spacial score (nSPS) is 10.7. The predicted octanol–water partition coefficient (Wildman–Crippen LogP) is 1.09. The van der Waals surface area contributed by atoms with Crippen molar-refractivity contribution in [3.8, 4) is 0 Å². The number of aryl methyl sites for hydroxylation is 1. The summed E-state index contributed by atoms with van der Waals surface area (Å²) in [5, 5.41) is 1.21. The van der Waals surface area contributed by atoms with Gasteiger partial charge < -0.3 is 0 Å². The van der Waals surface area contributed by atoms with Crippen LogP contribution in [0.1, 0.15) is 24.8 Å². The highest BCUT2D eigenvalue weighted by Gasteiger charge is 2.10. The number of rotatable bonds is 1. The van der Waals surface area contributed by atoms with E-state index in [2.05, 4.69) is 18.8 Å². The van der Waals surface area contributed by atoms with Crippen LogP contribution in [0.2, 0.25) is 0 Å². The van der Waals surface area contributed by atoms with Gasteiger partial charge in [0.1, 0.15) is 0 Å². The van der Waals surface area contributed by atoms with E-state index < -0.39 is 0 Å². The van der Waals surface area contributed by atoms with E-state index in [-0.39, 0.29) is 0 Å². The smallest absolute Gasteiger partial charge is 0.178 e. The molecule has 0 saturated carbocycles. The summed E-state index contributed by atoms with van der Waals surface area (Å²) >= 11 is 1.70. The van der Waals surface area contributed by atoms with Crippen molar-refractivity contribution < 1.29 is 3.96 Å². The van der Waals surface area contributed by atoms with Crippen LogP contribution in [0.25, 0.3) is 0 Å². The lowest BCUT2D eigenvalue weighted by atomic mass is 10.2. The van der Waals surface area contributed by atoms with Crippen LogP contribution < -0.4 is 3.96 Å². The van der Waals surface area contributed by atoms with Gasteiger partial charge in [0.15, 0.2) is 0 Å². The van der Waals surface area contributed by atoms with Gasteiger partial charge in [-0.05, 0) is 4.98 Å². The number of nitrogens with zero attached hydrogens (tertiary/aromatic N) is 2. The molecule has 1 aromatic rings. The van der Waals surface area contributed by atoms with Crippen molar-refractivity contribution in [2.24, 2.45) is 7.05 Å². The van der Waals surface area contributed by atoms with Gasteiger partial charge in [0.2, 0.25) is 5.01 Å². The second-order valence-corrected chi connectivity index (χ2v) is 3.55. The maximum atomic E-state index is 4.20. The molecule has 0 aliphatic carbocycles. The van der Waals surface area contributed by atoms with Gasteiger partial charge in [-0.25, -0.2) is 0 Å². The first-order chi connectivity index (χ1) is 4.20. The van der Waals surface area contributed by atoms with Crippen LogP contribution in [0.15, 0.2) is 6.33 Å². The molecule has 0 fully saturated rings. The van der Waals surface area contributed by atoms with E-state index >= 15 is 0 Å². The molecule has 0 amide bonds. The highest BCUT2D eigenvalue weighted by Crippen LogP contribution is 2.11. The highest BCUT2D eigenvalue weighted by molar-refractivity contribution is 7.01. The molecule has 0 unspecified atom stereocenters. The van der Waals surface area contributed by atoms with E-state index in [1.165, 1.54) is 5.01 Å². The maximum Gasteiger partial charge on any atom is 0.298 e. The molecular formula is C6H11N2S+. The van der Waals surface area contributed by atoms with Crippen molar-refractivity contribution in [2.45, 2.75) is 19.8 Å². The molecule has 0 aromatic carbocycles. The van der Waals surface area contributed by atoms with Gasteiger partial charge in [0.05, 0.1) is 18.6 Å². The second-order valence-electron chi connectivity index (χ2n) is 2.37. The van der Waals surface area contributed by atoms with E-state index in [4.69, 9.17) is 0 Å². The van der Waals surface area contributed by atoms with Crippen LogP contribution in [-0.2, 0) is 7.05 Å². The number of hydrogen-bond donors (Lipinski definition) is 0. The zero-order chi connectivity index (χ0) is 6.85. The Hall–Kier alpha value is -0.440. The standard InChI is InChI=1S/C6H11N2S/c1-5(2)6-7-4-8(3)9-6/h4-5H,1-3H3/q+1. The van der Waals surface area contributed by atoms with Gasteiger partial charge in [-0.3, -0.25) is 0 Å². The second kappa shape index (κ2) is 2.43. The molecule has 2 nitrogen and oxygen atoms in total. The quantitative estimate of drug-likeness (QED) is 0.538. The first-order valence-corrected chi connectivity index (χ1v) is 3.79. The zero-order valence-electron chi connectivity index (χ0n) is 5.96. The minimum atomic E-state index is 0.566. The van der Waals surface area contributed by atoms with Crippen molar-refractivity contribution in [1.29, 1.82) is 0 Å². The molecule has 0 aliphatic heterocycles. The summed E-state index contributed by atoms with van der Waals surface area (Å²) in [4.78, 5) is 4.20. The lowest BCUT2D eigenvalue weighted by Crippen LogP contribution is -2.19. The van der Waals surface area contributed by atoms with Gasteiger partial charge in [0.25, 0.3) is 6.33 Å². The summed E-state index contributed by atoms with van der Waals surface area (Å²) in [5.74, 6) is 0.566. The first kappa shape index (κ1) is 6.68. The van der Waals surface area contributed by atoms with E-state index in [1.54, 1.807) is 11.5 Å². The molecular weight excluding hydrogens is 132 g/mol. The molecule has 0 N–H and O–H groups in total. The highest BCUT2D eigenvalue weighted by atomic mass is 32.1. The molecule has 0 aliphatic rings. The summed E-state index contributed by atoms with van der Waals surface area (Å²) in [6, 6.07) is 0. The molecule has 50 valence electrons. The van der Waals surface area contributed by atoms with Crippen LogP contribution in [0.4, 0.5) is 0 Å². The van der Waals surface area contributed by atoms with Crippen molar-refractivity contribution in [1.82, 2.24) is 4.98 Å². The van der Waals surface area contributed by atoms with Gasteiger partial charge in [0, 0.05) is 5.92 Å². The Morgan fingerprint density at radius 1 is 1.67 bits per heavy atom. The predicted molar refractivity (Wildman–Crippen MR) is 37.4 cm³/mol. The summed E-state index contributed by atoms with van der Waals surface area (Å²) < 4.78 is 2.01. The van der Waals surface area contributed by atoms with Gasteiger partial charge >= 0.3 is 0 Å². The fourth-order valence-electron chi connectivity index (χ4n) is 0.587. The SMILES string of the molecule is CC(C)c1nc[n+](C)s1. The van der Waals surface area contributed by atoms with Crippen molar-refractivity contribution in [3.63, 3.8) is 0 Å². The molecule has 3 heteroatoms. The Balaban J connectivity index is 2.85. The van der Waals surface area contributed by atoms with Crippen LogP contribution in [0.3, 0.4) is 0 Å². The zero-order valence-corrected chi connectivity index (χ0v) is 6.77. The Bertz CT molecular complexity index is 193. The van der Waals surface area contributed by atoms with E-state index in [0.717, 1.165) is 0 Å². The van der Waals surface area contributed by atoms with Crippen LogP contribution in [0, 0.1) is 0 Å². The maximum absolute atomic E-state index is 4.20. The molecule has 0 saturated heterocycles. The fraction of sp³-hybridized carbons (Fsp3) is 0.667. The summed E-state index contributed by atoms with van der Waals surface area (Å²) in [6.45, 7) is 4.30. The van der Waals surface area contributed by atoms with Gasteiger partial charge in [-0.1, -0.05) is 13.8 Å². The average Bonchev–Trinajstić information content (AvgIpc) is 2.14. The minimum Gasteiger partial charge on any atom is -0.178 e. The molecule has 0 bridgehead atoms. The van der Waals surface area contributed by atoms with E-state index in [0.29, 0.717) is 5.92 Å².